The van der Waals surface area contributed by atoms with E-state index in [1.807, 2.05) is 0 Å². The Kier molecular flexibility index (Phi) is 4.20. The molecule has 0 N–H and O–H groups in total. The fraction of sp³-hybridized carbons (Fsp3) is 0.842. The van der Waals surface area contributed by atoms with Crippen molar-refractivity contribution >= 4 is 13.1 Å². The third kappa shape index (κ3) is 2.64. The molecule has 0 aromatic heterocycles. The van der Waals surface area contributed by atoms with E-state index in [2.05, 4.69) is 47.6 Å². The summed E-state index contributed by atoms with van der Waals surface area (Å²) < 4.78 is 18.2. The van der Waals surface area contributed by atoms with Crippen molar-refractivity contribution in [3.63, 3.8) is 0 Å². The van der Waals surface area contributed by atoms with Crippen LogP contribution in [-0.2, 0) is 18.8 Å². The largest absolute Gasteiger partial charge is 0.490 e. The molecule has 3 aliphatic rings. The normalized spacial score (nSPS) is 33.7. The van der Waals surface area contributed by atoms with Crippen molar-refractivity contribution in [2.24, 2.45) is 5.41 Å². The van der Waals surface area contributed by atoms with Crippen molar-refractivity contribution in [1.29, 1.82) is 0 Å². The molecule has 1 aliphatic carbocycles. The molecule has 0 aromatic rings. The van der Waals surface area contributed by atoms with Crippen molar-refractivity contribution in [1.82, 2.24) is 0 Å². The van der Waals surface area contributed by atoms with Crippen LogP contribution < -0.4 is 0 Å². The van der Waals surface area contributed by atoms with Crippen LogP contribution in [0.25, 0.3) is 0 Å². The minimum Gasteiger partial charge on any atom is -0.458 e. The first kappa shape index (κ1) is 18.0. The topological polar surface area (TPSA) is 44.8 Å². The minimum atomic E-state index is -0.312. The SMILES string of the molecule is CCC1(CC)CC2(CC=C(B3OC(C)(C)C(C)(C)O3)CC2)OC1=O. The third-order valence-electron chi connectivity index (χ3n) is 6.92. The van der Waals surface area contributed by atoms with Gasteiger partial charge in [0.05, 0.1) is 16.6 Å². The van der Waals surface area contributed by atoms with E-state index in [9.17, 15) is 4.79 Å². The van der Waals surface area contributed by atoms with Crippen LogP contribution >= 0.6 is 0 Å². The van der Waals surface area contributed by atoms with Crippen molar-refractivity contribution in [3.8, 4) is 0 Å². The molecule has 0 amide bonds. The van der Waals surface area contributed by atoms with Crippen LogP contribution in [0.4, 0.5) is 0 Å². The number of carbonyl (C=O) groups is 1. The van der Waals surface area contributed by atoms with E-state index in [0.717, 1.165) is 38.5 Å². The van der Waals surface area contributed by atoms with Gasteiger partial charge in [-0.15, -0.1) is 0 Å². The van der Waals surface area contributed by atoms with Gasteiger partial charge >= 0.3 is 13.1 Å². The van der Waals surface area contributed by atoms with Crippen molar-refractivity contribution in [2.75, 3.05) is 0 Å². The number of esters is 1. The Morgan fingerprint density at radius 2 is 1.67 bits per heavy atom. The molecule has 3 rings (SSSR count). The third-order valence-corrected chi connectivity index (χ3v) is 6.92. The number of hydrogen-bond acceptors (Lipinski definition) is 4. The predicted octanol–water partition coefficient (Wildman–Crippen LogP) is 4.22. The number of carbonyl (C=O) groups excluding carboxylic acids is 1. The van der Waals surface area contributed by atoms with E-state index in [4.69, 9.17) is 14.0 Å². The van der Waals surface area contributed by atoms with E-state index < -0.39 is 0 Å². The smallest absolute Gasteiger partial charge is 0.458 e. The second kappa shape index (κ2) is 5.60. The minimum absolute atomic E-state index is 0.0000157. The van der Waals surface area contributed by atoms with E-state index in [0.29, 0.717) is 0 Å². The van der Waals surface area contributed by atoms with Crippen LogP contribution in [0, 0.1) is 5.41 Å². The van der Waals surface area contributed by atoms with Crippen LogP contribution in [0.3, 0.4) is 0 Å². The highest BCUT2D eigenvalue weighted by Gasteiger charge is 2.57. The van der Waals surface area contributed by atoms with Gasteiger partial charge in [0.25, 0.3) is 0 Å². The molecule has 0 aromatic carbocycles. The second-order valence-corrected chi connectivity index (χ2v) is 8.81. The molecule has 2 fully saturated rings. The highest BCUT2D eigenvalue weighted by molar-refractivity contribution is 6.54. The van der Waals surface area contributed by atoms with Crippen molar-refractivity contribution < 1.29 is 18.8 Å². The Morgan fingerprint density at radius 3 is 2.08 bits per heavy atom. The summed E-state index contributed by atoms with van der Waals surface area (Å²) >= 11 is 0. The maximum Gasteiger partial charge on any atom is 0.490 e. The second-order valence-electron chi connectivity index (χ2n) is 8.81. The zero-order chi connectivity index (χ0) is 17.8. The van der Waals surface area contributed by atoms with Gasteiger partial charge in [-0.05, 0) is 58.9 Å². The average Bonchev–Trinajstić information content (AvgIpc) is 2.90. The average molecular weight is 334 g/mol. The van der Waals surface area contributed by atoms with Gasteiger partial charge in [-0.2, -0.15) is 0 Å². The van der Waals surface area contributed by atoms with Crippen molar-refractivity contribution in [2.45, 2.75) is 96.9 Å². The van der Waals surface area contributed by atoms with Crippen LogP contribution in [0.1, 0.15) is 80.1 Å². The standard InChI is InChI=1S/C19H31BO4/c1-7-18(8-2)13-19(22-15(18)21)11-9-14(10-12-19)20-23-16(3,4)17(5,6)24-20/h9H,7-8,10-13H2,1-6H3. The molecule has 1 spiro atoms. The van der Waals surface area contributed by atoms with Gasteiger partial charge in [0.1, 0.15) is 5.60 Å². The highest BCUT2D eigenvalue weighted by Crippen LogP contribution is 2.51. The molecule has 134 valence electrons. The Balaban J connectivity index is 1.73. The molecule has 0 radical (unpaired) electrons. The summed E-state index contributed by atoms with van der Waals surface area (Å²) in [6.07, 6.45) is 7.28. The molecule has 5 heteroatoms. The molecular weight excluding hydrogens is 303 g/mol. The fourth-order valence-electron chi connectivity index (χ4n) is 4.17. The highest BCUT2D eigenvalue weighted by atomic mass is 16.7. The predicted molar refractivity (Wildman–Crippen MR) is 94.5 cm³/mol. The quantitative estimate of drug-likeness (QED) is 0.573. The summed E-state index contributed by atoms with van der Waals surface area (Å²) in [5.74, 6) is -0.0000157. The lowest BCUT2D eigenvalue weighted by molar-refractivity contribution is -0.154. The van der Waals surface area contributed by atoms with Gasteiger partial charge in [-0.3, -0.25) is 4.79 Å². The first-order valence-electron chi connectivity index (χ1n) is 9.37. The van der Waals surface area contributed by atoms with E-state index in [1.54, 1.807) is 0 Å². The molecule has 2 heterocycles. The van der Waals surface area contributed by atoms with Gasteiger partial charge in [0, 0.05) is 12.8 Å². The Bertz CT molecular complexity index is 546. The zero-order valence-electron chi connectivity index (χ0n) is 16.0. The molecule has 24 heavy (non-hydrogen) atoms. The number of rotatable bonds is 3. The number of hydrogen-bond donors (Lipinski definition) is 0. The summed E-state index contributed by atoms with van der Waals surface area (Å²) in [5.41, 5.74) is -0.0211. The van der Waals surface area contributed by atoms with Gasteiger partial charge in [0.15, 0.2) is 0 Å². The van der Waals surface area contributed by atoms with Gasteiger partial charge in [0.2, 0.25) is 0 Å². The summed E-state index contributed by atoms with van der Waals surface area (Å²) in [7, 11) is -0.272. The first-order chi connectivity index (χ1) is 11.1. The number of ether oxygens (including phenoxy) is 1. The Morgan fingerprint density at radius 1 is 1.08 bits per heavy atom. The Labute approximate surface area is 146 Å². The zero-order valence-corrected chi connectivity index (χ0v) is 16.0. The summed E-state index contributed by atoms with van der Waals surface area (Å²) in [6, 6.07) is 0. The lowest BCUT2D eigenvalue weighted by atomic mass is 9.66. The molecule has 1 atom stereocenters. The molecule has 2 saturated heterocycles. The molecule has 0 bridgehead atoms. The monoisotopic (exact) mass is 334 g/mol. The van der Waals surface area contributed by atoms with Gasteiger partial charge < -0.3 is 14.0 Å². The van der Waals surface area contributed by atoms with E-state index >= 15 is 0 Å². The van der Waals surface area contributed by atoms with E-state index in [1.165, 1.54) is 5.47 Å². The fourth-order valence-corrected chi connectivity index (χ4v) is 4.17. The van der Waals surface area contributed by atoms with Crippen LogP contribution in [0.15, 0.2) is 11.5 Å². The lowest BCUT2D eigenvalue weighted by Crippen LogP contribution is -2.41. The van der Waals surface area contributed by atoms with E-state index in [-0.39, 0.29) is 35.3 Å². The van der Waals surface area contributed by atoms with Gasteiger partial charge in [-0.1, -0.05) is 19.9 Å². The summed E-state index contributed by atoms with van der Waals surface area (Å²) in [6.45, 7) is 12.5. The maximum absolute atomic E-state index is 12.4. The van der Waals surface area contributed by atoms with Crippen LogP contribution in [-0.4, -0.2) is 29.9 Å². The molecular formula is C19H31BO4. The Hall–Kier alpha value is -0.805. The molecule has 2 aliphatic heterocycles. The van der Waals surface area contributed by atoms with Gasteiger partial charge in [-0.25, -0.2) is 0 Å². The first-order valence-corrected chi connectivity index (χ1v) is 9.37. The summed E-state index contributed by atoms with van der Waals surface area (Å²) in [5, 5.41) is 0. The number of allylic oxidation sites excluding steroid dienone is 1. The maximum atomic E-state index is 12.4. The molecule has 1 unspecified atom stereocenters. The van der Waals surface area contributed by atoms with Crippen LogP contribution in [0.5, 0.6) is 0 Å². The van der Waals surface area contributed by atoms with Crippen molar-refractivity contribution in [3.05, 3.63) is 11.5 Å². The molecule has 4 nitrogen and oxygen atoms in total. The lowest BCUT2D eigenvalue weighted by Gasteiger charge is -2.32. The van der Waals surface area contributed by atoms with Crippen LogP contribution in [0.2, 0.25) is 0 Å². The summed E-state index contributed by atoms with van der Waals surface area (Å²) in [4.78, 5) is 12.4. The molecule has 0 saturated carbocycles.